The largest absolute Gasteiger partial charge is 0.478 e. The molecule has 0 spiro atoms. The van der Waals surface area contributed by atoms with Gasteiger partial charge in [0.15, 0.2) is 0 Å². The fourth-order valence-electron chi connectivity index (χ4n) is 1.48. The standard InChI is InChI=1S/C9H8O4.C8H8.C4H6.C3H3N.C3H4O2/c1-6(10)13-8-5-3-2-4-7(8)9(11)12;1-2-8-6-4-3-5-7-8;1-3-4-2;1-2-3-4;1-2-3(4)5/h2-5H,1H3,(H,11,12);2-7H,1H2;3-4H,1-2H2;2H,1H2;2H,1H2,(H,4,5). The zero-order valence-electron chi connectivity index (χ0n) is 19.1. The number of ether oxygens (including phenoxy) is 1. The molecule has 0 saturated carbocycles. The summed E-state index contributed by atoms with van der Waals surface area (Å²) >= 11 is 0. The van der Waals surface area contributed by atoms with Gasteiger partial charge in [-0.15, -0.1) is 0 Å². The molecule has 178 valence electrons. The first-order chi connectivity index (χ1) is 16.1. The van der Waals surface area contributed by atoms with Gasteiger partial charge in [-0.1, -0.05) is 93.6 Å². The van der Waals surface area contributed by atoms with Gasteiger partial charge in [-0.25, -0.2) is 9.59 Å². The maximum Gasteiger partial charge on any atom is 0.339 e. The van der Waals surface area contributed by atoms with Crippen LogP contribution >= 0.6 is 0 Å². The molecule has 7 heteroatoms. The lowest BCUT2D eigenvalue weighted by atomic mass is 10.2. The first-order valence-corrected chi connectivity index (χ1v) is 9.42. The average Bonchev–Trinajstić information content (AvgIpc) is 2.85. The third kappa shape index (κ3) is 23.3. The summed E-state index contributed by atoms with van der Waals surface area (Å²) in [6, 6.07) is 17.7. The van der Waals surface area contributed by atoms with E-state index in [0.717, 1.165) is 6.08 Å². The minimum atomic E-state index is -1.11. The lowest BCUT2D eigenvalue weighted by Gasteiger charge is -2.03. The second-order valence-electron chi connectivity index (χ2n) is 5.36. The summed E-state index contributed by atoms with van der Waals surface area (Å²) in [7, 11) is 0. The molecule has 0 bridgehead atoms. The van der Waals surface area contributed by atoms with Gasteiger partial charge < -0.3 is 14.9 Å². The topological polar surface area (TPSA) is 125 Å². The van der Waals surface area contributed by atoms with Gasteiger partial charge >= 0.3 is 17.9 Å². The van der Waals surface area contributed by atoms with Gasteiger partial charge in [0, 0.05) is 19.1 Å². The number of carbonyl (C=O) groups excluding carboxylic acids is 1. The lowest BCUT2D eigenvalue weighted by molar-refractivity contribution is -0.132. The molecule has 0 radical (unpaired) electrons. The molecule has 0 aliphatic heterocycles. The molecule has 0 atom stereocenters. The number of carbonyl (C=O) groups is 3. The summed E-state index contributed by atoms with van der Waals surface area (Å²) in [5, 5.41) is 23.8. The lowest BCUT2D eigenvalue weighted by Crippen LogP contribution is -2.06. The Morgan fingerprint density at radius 2 is 1.32 bits per heavy atom. The van der Waals surface area contributed by atoms with Crippen LogP contribution in [0.15, 0.2) is 112 Å². The number of carboxylic acids is 2. The Labute approximate surface area is 200 Å². The van der Waals surface area contributed by atoms with Gasteiger partial charge in [0.25, 0.3) is 0 Å². The van der Waals surface area contributed by atoms with E-state index in [4.69, 9.17) is 15.5 Å². The number of nitriles is 1. The monoisotopic (exact) mass is 463 g/mol. The van der Waals surface area contributed by atoms with Crippen LogP contribution < -0.4 is 4.74 Å². The molecule has 7 nitrogen and oxygen atoms in total. The molecule has 0 unspecified atom stereocenters. The van der Waals surface area contributed by atoms with Crippen LogP contribution in [0.25, 0.3) is 6.08 Å². The van der Waals surface area contributed by atoms with Crippen molar-refractivity contribution in [3.63, 3.8) is 0 Å². The van der Waals surface area contributed by atoms with E-state index in [9.17, 15) is 14.4 Å². The number of benzene rings is 2. The third-order valence-electron chi connectivity index (χ3n) is 2.84. The van der Waals surface area contributed by atoms with E-state index in [1.807, 2.05) is 36.4 Å². The summed E-state index contributed by atoms with van der Waals surface area (Å²) in [6.07, 6.45) is 7.12. The van der Waals surface area contributed by atoms with Crippen LogP contribution in [0.2, 0.25) is 0 Å². The number of nitrogens with zero attached hydrogens (tertiary/aromatic N) is 1. The first kappa shape index (κ1) is 33.7. The van der Waals surface area contributed by atoms with Crippen LogP contribution in [-0.2, 0) is 9.59 Å². The number of esters is 1. The fraction of sp³-hybridized carbons (Fsp3) is 0.0370. The molecule has 0 aliphatic carbocycles. The summed E-state index contributed by atoms with van der Waals surface area (Å²) < 4.78 is 4.69. The van der Waals surface area contributed by atoms with Crippen LogP contribution in [0.5, 0.6) is 5.75 Å². The van der Waals surface area contributed by atoms with Gasteiger partial charge in [0.2, 0.25) is 0 Å². The first-order valence-electron chi connectivity index (χ1n) is 9.42. The predicted molar refractivity (Wildman–Crippen MR) is 135 cm³/mol. The number of para-hydroxylation sites is 1. The highest BCUT2D eigenvalue weighted by Crippen LogP contribution is 2.17. The maximum absolute atomic E-state index is 10.6. The maximum atomic E-state index is 10.6. The molecule has 0 amide bonds. The molecule has 0 heterocycles. The highest BCUT2D eigenvalue weighted by molar-refractivity contribution is 5.91. The molecule has 2 aromatic rings. The number of hydrogen-bond acceptors (Lipinski definition) is 5. The van der Waals surface area contributed by atoms with E-state index in [-0.39, 0.29) is 11.3 Å². The average molecular weight is 464 g/mol. The summed E-state index contributed by atoms with van der Waals surface area (Å²) in [6.45, 7) is 17.7. The van der Waals surface area contributed by atoms with Crippen molar-refractivity contribution in [2.75, 3.05) is 0 Å². The molecule has 0 aromatic heterocycles. The van der Waals surface area contributed by atoms with Crippen molar-refractivity contribution in [1.82, 2.24) is 0 Å². The van der Waals surface area contributed by atoms with Crippen molar-refractivity contribution in [3.8, 4) is 11.8 Å². The quantitative estimate of drug-likeness (QED) is 0.184. The second-order valence-corrected chi connectivity index (χ2v) is 5.36. The van der Waals surface area contributed by atoms with Crippen LogP contribution in [0.3, 0.4) is 0 Å². The number of aliphatic carboxylic acids is 1. The van der Waals surface area contributed by atoms with Gasteiger partial charge in [-0.2, -0.15) is 5.26 Å². The summed E-state index contributed by atoms with van der Waals surface area (Å²) in [5.74, 6) is -2.56. The van der Waals surface area contributed by atoms with E-state index in [1.54, 1.807) is 30.4 Å². The van der Waals surface area contributed by atoms with E-state index in [0.29, 0.717) is 0 Å². The minimum Gasteiger partial charge on any atom is -0.478 e. The van der Waals surface area contributed by atoms with E-state index in [1.165, 1.54) is 30.7 Å². The Bertz CT molecular complexity index is 966. The third-order valence-corrected chi connectivity index (χ3v) is 2.84. The summed E-state index contributed by atoms with van der Waals surface area (Å²) in [5.41, 5.74) is 1.16. The van der Waals surface area contributed by atoms with Crippen LogP contribution in [0.4, 0.5) is 0 Å². The van der Waals surface area contributed by atoms with Gasteiger partial charge in [0.1, 0.15) is 11.3 Å². The Morgan fingerprint density at radius 3 is 1.62 bits per heavy atom. The Morgan fingerprint density at radius 1 is 0.882 bits per heavy atom. The molecule has 34 heavy (non-hydrogen) atoms. The zero-order valence-corrected chi connectivity index (χ0v) is 19.1. The van der Waals surface area contributed by atoms with E-state index in [2.05, 4.69) is 37.6 Å². The van der Waals surface area contributed by atoms with Crippen molar-refractivity contribution in [2.24, 2.45) is 0 Å². The fourth-order valence-corrected chi connectivity index (χ4v) is 1.48. The Kier molecular flexibility index (Phi) is 24.1. The van der Waals surface area contributed by atoms with Crippen molar-refractivity contribution >= 4 is 24.0 Å². The SMILES string of the molecule is C=CC#N.C=CC(=O)O.C=CC=C.C=Cc1ccccc1.CC(=O)Oc1ccccc1C(=O)O. The number of carboxylic acid groups (broad SMARTS) is 2. The van der Waals surface area contributed by atoms with Crippen molar-refractivity contribution in [2.45, 2.75) is 6.92 Å². The molecule has 0 saturated heterocycles. The Balaban J connectivity index is -0.000000392. The molecule has 2 rings (SSSR count). The van der Waals surface area contributed by atoms with Crippen molar-refractivity contribution < 1.29 is 29.3 Å². The number of rotatable bonds is 5. The van der Waals surface area contributed by atoms with Crippen molar-refractivity contribution in [1.29, 1.82) is 5.26 Å². The van der Waals surface area contributed by atoms with E-state index >= 15 is 0 Å². The van der Waals surface area contributed by atoms with Gasteiger partial charge in [-0.05, 0) is 17.7 Å². The molecule has 2 aromatic carbocycles. The second kappa shape index (κ2) is 24.3. The molecule has 0 aliphatic rings. The normalized spacial score (nSPS) is 7.53. The number of hydrogen-bond donors (Lipinski definition) is 2. The minimum absolute atomic E-state index is 0.0160. The molecular weight excluding hydrogens is 434 g/mol. The number of allylic oxidation sites excluding steroid dienone is 3. The highest BCUT2D eigenvalue weighted by Gasteiger charge is 2.10. The van der Waals surface area contributed by atoms with Crippen molar-refractivity contribution in [3.05, 3.63) is 123 Å². The van der Waals surface area contributed by atoms with Crippen LogP contribution in [-0.4, -0.2) is 28.1 Å². The highest BCUT2D eigenvalue weighted by atomic mass is 16.5. The molecule has 0 fully saturated rings. The van der Waals surface area contributed by atoms with E-state index < -0.39 is 17.9 Å². The summed E-state index contributed by atoms with van der Waals surface area (Å²) in [4.78, 5) is 30.4. The number of aromatic carboxylic acids is 1. The smallest absolute Gasteiger partial charge is 0.339 e. The van der Waals surface area contributed by atoms with Gasteiger partial charge in [-0.3, -0.25) is 4.79 Å². The predicted octanol–water partition coefficient (Wildman–Crippen LogP) is 5.95. The zero-order chi connectivity index (χ0) is 26.8. The van der Waals surface area contributed by atoms with Crippen LogP contribution in [0, 0.1) is 11.3 Å². The molecular formula is C27H29NO6. The molecule has 2 N–H and O–H groups in total. The van der Waals surface area contributed by atoms with Gasteiger partial charge in [0.05, 0.1) is 6.07 Å². The van der Waals surface area contributed by atoms with Crippen LogP contribution in [0.1, 0.15) is 22.8 Å². The Hall–Kier alpha value is -4.96.